The van der Waals surface area contributed by atoms with Gasteiger partial charge in [-0.2, -0.15) is 0 Å². The summed E-state index contributed by atoms with van der Waals surface area (Å²) < 4.78 is 5.53. The number of Topliss-reactive ketones (excluding diaryl/α,β-unsaturated/α-hetero) is 1. The van der Waals surface area contributed by atoms with Crippen molar-refractivity contribution in [1.29, 1.82) is 5.41 Å². The van der Waals surface area contributed by atoms with Gasteiger partial charge >= 0.3 is 0 Å². The Kier molecular flexibility index (Phi) is 4.03. The van der Waals surface area contributed by atoms with E-state index >= 15 is 0 Å². The maximum absolute atomic E-state index is 12.5. The van der Waals surface area contributed by atoms with E-state index in [9.17, 15) is 4.79 Å². The number of ketones is 1. The zero-order valence-electron chi connectivity index (χ0n) is 14.6. The maximum Gasteiger partial charge on any atom is 0.185 e. The van der Waals surface area contributed by atoms with Gasteiger partial charge in [-0.1, -0.05) is 33.8 Å². The summed E-state index contributed by atoms with van der Waals surface area (Å²) >= 11 is 0. The number of aromatic nitrogens is 1. The molecule has 2 aromatic rings. The molecule has 0 radical (unpaired) electrons. The van der Waals surface area contributed by atoms with E-state index in [1.807, 2.05) is 45.9 Å². The van der Waals surface area contributed by atoms with Crippen molar-refractivity contribution >= 4 is 11.6 Å². The number of fused-ring (bicyclic) bond motifs is 1. The van der Waals surface area contributed by atoms with Crippen LogP contribution in [0.2, 0.25) is 0 Å². The van der Waals surface area contributed by atoms with Gasteiger partial charge < -0.3 is 9.32 Å². The van der Waals surface area contributed by atoms with E-state index in [4.69, 9.17) is 9.83 Å². The van der Waals surface area contributed by atoms with Gasteiger partial charge in [-0.25, -0.2) is 4.98 Å². The number of hydrogen-bond donors (Lipinski definition) is 1. The summed E-state index contributed by atoms with van der Waals surface area (Å²) in [6, 6.07) is 5.81. The van der Waals surface area contributed by atoms with Gasteiger partial charge in [0.15, 0.2) is 5.78 Å². The highest BCUT2D eigenvalue weighted by Gasteiger charge is 2.28. The molecule has 1 aliphatic heterocycles. The van der Waals surface area contributed by atoms with Crippen molar-refractivity contribution in [2.75, 3.05) is 6.54 Å². The molecule has 0 aliphatic carbocycles. The largest absolute Gasteiger partial charge is 0.468 e. The van der Waals surface area contributed by atoms with Gasteiger partial charge in [0.25, 0.3) is 0 Å². The lowest BCUT2D eigenvalue weighted by atomic mass is 9.93. The first kappa shape index (κ1) is 16.4. The predicted octanol–water partition coefficient (Wildman–Crippen LogP) is 3.56. The molecule has 0 amide bonds. The molecule has 5 nitrogen and oxygen atoms in total. The summed E-state index contributed by atoms with van der Waals surface area (Å²) in [5, 5.41) is 8.31. The molecule has 24 heavy (non-hydrogen) atoms. The van der Waals surface area contributed by atoms with Gasteiger partial charge in [0.05, 0.1) is 12.1 Å². The van der Waals surface area contributed by atoms with Crippen molar-refractivity contribution < 1.29 is 9.21 Å². The summed E-state index contributed by atoms with van der Waals surface area (Å²) in [5.41, 5.74) is 3.11. The highest BCUT2D eigenvalue weighted by atomic mass is 16.3. The number of rotatable bonds is 4. The van der Waals surface area contributed by atoms with Crippen LogP contribution in [0.5, 0.6) is 0 Å². The lowest BCUT2D eigenvalue weighted by Crippen LogP contribution is -2.30. The first-order chi connectivity index (χ1) is 11.3. The van der Waals surface area contributed by atoms with Crippen molar-refractivity contribution in [2.24, 2.45) is 0 Å². The average Bonchev–Trinajstić information content (AvgIpc) is 3.13. The molecule has 0 atom stereocenters. The lowest BCUT2D eigenvalue weighted by Gasteiger charge is -2.16. The monoisotopic (exact) mass is 325 g/mol. The van der Waals surface area contributed by atoms with Crippen LogP contribution in [0.1, 0.15) is 60.8 Å². The number of nitrogens with zero attached hydrogens (tertiary/aromatic N) is 2. The number of carbonyl (C=O) groups is 1. The number of nitrogens with one attached hydrogen (secondary N) is 1. The third kappa shape index (κ3) is 2.98. The molecule has 0 fully saturated rings. The van der Waals surface area contributed by atoms with Gasteiger partial charge in [0.1, 0.15) is 23.6 Å². The van der Waals surface area contributed by atoms with Crippen molar-refractivity contribution in [2.45, 2.75) is 46.1 Å². The van der Waals surface area contributed by atoms with E-state index in [0.717, 1.165) is 23.4 Å². The highest BCUT2D eigenvalue weighted by Crippen LogP contribution is 2.26. The summed E-state index contributed by atoms with van der Waals surface area (Å²) in [6.07, 6.45) is 2.35. The summed E-state index contributed by atoms with van der Waals surface area (Å²) in [4.78, 5) is 18.8. The Labute approximate surface area is 142 Å². The van der Waals surface area contributed by atoms with Crippen molar-refractivity contribution in [3.63, 3.8) is 0 Å². The van der Waals surface area contributed by atoms with Crippen LogP contribution in [0.3, 0.4) is 0 Å². The minimum absolute atomic E-state index is 0.0393. The number of amidine groups is 1. The Balaban J connectivity index is 1.74. The Morgan fingerprint density at radius 3 is 2.75 bits per heavy atom. The quantitative estimate of drug-likeness (QED) is 0.873. The molecule has 0 saturated carbocycles. The Hall–Kier alpha value is -2.43. The van der Waals surface area contributed by atoms with E-state index < -0.39 is 0 Å². The molecule has 0 aromatic carbocycles. The second-order valence-electron chi connectivity index (χ2n) is 7.24. The smallest absolute Gasteiger partial charge is 0.185 e. The zero-order chi connectivity index (χ0) is 17.5. The van der Waals surface area contributed by atoms with Gasteiger partial charge in [0.2, 0.25) is 0 Å². The van der Waals surface area contributed by atoms with Gasteiger partial charge in [-0.15, -0.1) is 0 Å². The van der Waals surface area contributed by atoms with Gasteiger partial charge in [-0.05, 0) is 18.6 Å². The number of carbonyl (C=O) groups excluding carboxylic acids is 1. The molecule has 0 spiro atoms. The van der Waals surface area contributed by atoms with E-state index in [1.54, 1.807) is 4.90 Å². The van der Waals surface area contributed by atoms with Crippen LogP contribution in [0, 0.1) is 5.41 Å². The minimum Gasteiger partial charge on any atom is -0.468 e. The Morgan fingerprint density at radius 1 is 1.38 bits per heavy atom. The van der Waals surface area contributed by atoms with Crippen molar-refractivity contribution in [1.82, 2.24) is 9.88 Å². The maximum atomic E-state index is 12.5. The van der Waals surface area contributed by atoms with E-state index in [1.165, 1.54) is 6.26 Å². The zero-order valence-corrected chi connectivity index (χ0v) is 14.6. The summed E-state index contributed by atoms with van der Waals surface area (Å²) in [7, 11) is 0. The standard InChI is InChI=1S/C19H23N3O2/c1-5-14-7-6-12-9-22(18(20)17(12)21-14)10-15(23)13-8-16(24-11-13)19(2,3)4/h6-8,11,20H,5,9-10H2,1-4H3. The minimum atomic E-state index is -0.129. The van der Waals surface area contributed by atoms with E-state index in [0.29, 0.717) is 23.6 Å². The van der Waals surface area contributed by atoms with Crippen LogP contribution >= 0.6 is 0 Å². The topological polar surface area (TPSA) is 70.2 Å². The molecule has 1 N–H and O–H groups in total. The second-order valence-corrected chi connectivity index (χ2v) is 7.24. The molecule has 0 unspecified atom stereocenters. The van der Waals surface area contributed by atoms with E-state index in [2.05, 4.69) is 4.98 Å². The fourth-order valence-electron chi connectivity index (χ4n) is 2.77. The molecule has 126 valence electrons. The van der Waals surface area contributed by atoms with Gasteiger partial charge in [0, 0.05) is 23.2 Å². The van der Waals surface area contributed by atoms with E-state index in [-0.39, 0.29) is 17.7 Å². The lowest BCUT2D eigenvalue weighted by molar-refractivity contribution is 0.0962. The second kappa shape index (κ2) is 5.89. The van der Waals surface area contributed by atoms with Crippen LogP contribution in [0.4, 0.5) is 0 Å². The van der Waals surface area contributed by atoms with Crippen LogP contribution in [-0.4, -0.2) is 28.0 Å². The molecule has 2 aromatic heterocycles. The number of furan rings is 1. The number of hydrogen-bond acceptors (Lipinski definition) is 4. The SMILES string of the molecule is CCc1ccc2c(n1)C(=N)N(CC(=O)c1coc(C(C)(C)C)c1)C2. The fraction of sp³-hybridized carbons (Fsp3) is 0.421. The molecule has 5 heteroatoms. The molecule has 0 saturated heterocycles. The normalized spacial score (nSPS) is 14.2. The molecule has 3 heterocycles. The molecule has 0 bridgehead atoms. The van der Waals surface area contributed by atoms with Crippen LogP contribution in [0.15, 0.2) is 28.9 Å². The fourth-order valence-corrected chi connectivity index (χ4v) is 2.77. The third-order valence-electron chi connectivity index (χ3n) is 4.30. The van der Waals surface area contributed by atoms with Crippen LogP contribution < -0.4 is 0 Å². The number of pyridine rings is 1. The third-order valence-corrected chi connectivity index (χ3v) is 4.30. The van der Waals surface area contributed by atoms with Gasteiger partial charge in [-0.3, -0.25) is 10.2 Å². The van der Waals surface area contributed by atoms with Crippen LogP contribution in [0.25, 0.3) is 0 Å². The predicted molar refractivity (Wildman–Crippen MR) is 92.6 cm³/mol. The molecular weight excluding hydrogens is 302 g/mol. The number of aryl methyl sites for hydroxylation is 1. The Bertz CT molecular complexity index is 799. The molecular formula is C19H23N3O2. The summed E-state index contributed by atoms with van der Waals surface area (Å²) in [5.74, 6) is 1.08. The average molecular weight is 325 g/mol. The highest BCUT2D eigenvalue weighted by molar-refractivity contribution is 6.04. The first-order valence-corrected chi connectivity index (χ1v) is 8.24. The van der Waals surface area contributed by atoms with Crippen LogP contribution in [-0.2, 0) is 18.4 Å². The van der Waals surface area contributed by atoms with Crippen molar-refractivity contribution in [3.05, 3.63) is 52.7 Å². The summed E-state index contributed by atoms with van der Waals surface area (Å²) in [6.45, 7) is 8.90. The Morgan fingerprint density at radius 2 is 2.12 bits per heavy atom. The van der Waals surface area contributed by atoms with Crippen molar-refractivity contribution in [3.8, 4) is 0 Å². The first-order valence-electron chi connectivity index (χ1n) is 8.24. The molecule has 3 rings (SSSR count). The molecule has 1 aliphatic rings.